The van der Waals surface area contributed by atoms with E-state index in [0.29, 0.717) is 18.6 Å². The first-order chi connectivity index (χ1) is 8.08. The standard InChI is InChI=1S/C14H23NO2/c1-10(2)14(9-16-4)15-13-7-6-12(17-5)8-11(13)3/h6-8,10,14-15H,9H2,1-5H3. The molecule has 0 aliphatic heterocycles. The van der Waals surface area contributed by atoms with Crippen molar-refractivity contribution in [2.45, 2.75) is 26.8 Å². The second-order valence-corrected chi connectivity index (χ2v) is 4.63. The van der Waals surface area contributed by atoms with Crippen molar-refractivity contribution >= 4 is 5.69 Å². The van der Waals surface area contributed by atoms with Gasteiger partial charge in [-0.25, -0.2) is 0 Å². The first kappa shape index (κ1) is 13.8. The molecule has 1 N–H and O–H groups in total. The van der Waals surface area contributed by atoms with Crippen LogP contribution in [0, 0.1) is 12.8 Å². The number of anilines is 1. The van der Waals surface area contributed by atoms with E-state index in [1.165, 1.54) is 5.56 Å². The summed E-state index contributed by atoms with van der Waals surface area (Å²) < 4.78 is 10.4. The summed E-state index contributed by atoms with van der Waals surface area (Å²) in [7, 11) is 3.42. The summed E-state index contributed by atoms with van der Waals surface area (Å²) in [6.07, 6.45) is 0. The van der Waals surface area contributed by atoms with Crippen LogP contribution in [-0.2, 0) is 4.74 Å². The molecule has 0 aliphatic rings. The van der Waals surface area contributed by atoms with Crippen molar-refractivity contribution in [2.75, 3.05) is 26.1 Å². The third-order valence-corrected chi connectivity index (χ3v) is 2.93. The zero-order chi connectivity index (χ0) is 12.8. The third kappa shape index (κ3) is 3.93. The molecule has 3 heteroatoms. The summed E-state index contributed by atoms with van der Waals surface area (Å²) in [4.78, 5) is 0. The highest BCUT2D eigenvalue weighted by molar-refractivity contribution is 5.54. The van der Waals surface area contributed by atoms with Crippen molar-refractivity contribution in [3.63, 3.8) is 0 Å². The second kappa shape index (κ2) is 6.50. The lowest BCUT2D eigenvalue weighted by Crippen LogP contribution is -2.30. The molecule has 0 saturated carbocycles. The van der Waals surface area contributed by atoms with Gasteiger partial charge in [0.25, 0.3) is 0 Å². The highest BCUT2D eigenvalue weighted by Gasteiger charge is 2.13. The van der Waals surface area contributed by atoms with Gasteiger partial charge in [-0.2, -0.15) is 0 Å². The minimum Gasteiger partial charge on any atom is -0.497 e. The molecule has 0 aliphatic carbocycles. The fourth-order valence-corrected chi connectivity index (χ4v) is 1.71. The highest BCUT2D eigenvalue weighted by Crippen LogP contribution is 2.22. The summed E-state index contributed by atoms with van der Waals surface area (Å²) in [5.74, 6) is 1.41. The van der Waals surface area contributed by atoms with Gasteiger partial charge in [-0.3, -0.25) is 0 Å². The topological polar surface area (TPSA) is 30.5 Å². The van der Waals surface area contributed by atoms with E-state index in [4.69, 9.17) is 9.47 Å². The Bertz CT molecular complexity index is 350. The molecule has 1 atom stereocenters. The smallest absolute Gasteiger partial charge is 0.119 e. The number of methoxy groups -OCH3 is 2. The molecule has 0 radical (unpaired) electrons. The minimum absolute atomic E-state index is 0.326. The fraction of sp³-hybridized carbons (Fsp3) is 0.571. The van der Waals surface area contributed by atoms with Crippen molar-refractivity contribution in [1.29, 1.82) is 0 Å². The molecule has 0 bridgehead atoms. The summed E-state index contributed by atoms with van der Waals surface area (Å²) in [5, 5.41) is 3.52. The molecule has 1 aromatic rings. The monoisotopic (exact) mass is 237 g/mol. The van der Waals surface area contributed by atoms with Crippen LogP contribution in [0.5, 0.6) is 5.75 Å². The molecule has 1 aromatic carbocycles. The predicted molar refractivity (Wildman–Crippen MR) is 71.9 cm³/mol. The molecule has 0 heterocycles. The van der Waals surface area contributed by atoms with Crippen molar-refractivity contribution in [3.8, 4) is 5.75 Å². The van der Waals surface area contributed by atoms with Crippen molar-refractivity contribution in [2.24, 2.45) is 5.92 Å². The Morgan fingerprint density at radius 3 is 2.41 bits per heavy atom. The van der Waals surface area contributed by atoms with Crippen LogP contribution in [0.4, 0.5) is 5.69 Å². The quantitative estimate of drug-likeness (QED) is 0.824. The van der Waals surface area contributed by atoms with Gasteiger partial charge in [0, 0.05) is 12.8 Å². The van der Waals surface area contributed by atoms with Crippen LogP contribution in [-0.4, -0.2) is 26.9 Å². The van der Waals surface area contributed by atoms with Gasteiger partial charge in [0.15, 0.2) is 0 Å². The molecule has 1 rings (SSSR count). The number of ether oxygens (including phenoxy) is 2. The molecular weight excluding hydrogens is 214 g/mol. The van der Waals surface area contributed by atoms with Gasteiger partial charge in [0.2, 0.25) is 0 Å². The average molecular weight is 237 g/mol. The van der Waals surface area contributed by atoms with Crippen LogP contribution in [0.2, 0.25) is 0 Å². The molecule has 0 fully saturated rings. The molecule has 0 spiro atoms. The van der Waals surface area contributed by atoms with E-state index in [9.17, 15) is 0 Å². The van der Waals surface area contributed by atoms with Crippen LogP contribution in [0.15, 0.2) is 18.2 Å². The van der Waals surface area contributed by atoms with E-state index in [1.54, 1.807) is 14.2 Å². The van der Waals surface area contributed by atoms with Gasteiger partial charge < -0.3 is 14.8 Å². The number of nitrogens with one attached hydrogen (secondary N) is 1. The van der Waals surface area contributed by atoms with E-state index in [-0.39, 0.29) is 0 Å². The maximum atomic E-state index is 5.24. The number of hydrogen-bond donors (Lipinski definition) is 1. The number of aryl methyl sites for hydroxylation is 1. The lowest BCUT2D eigenvalue weighted by molar-refractivity contribution is 0.171. The van der Waals surface area contributed by atoms with Gasteiger partial charge in [-0.05, 0) is 36.6 Å². The van der Waals surface area contributed by atoms with E-state index in [0.717, 1.165) is 11.4 Å². The van der Waals surface area contributed by atoms with Gasteiger partial charge in [-0.1, -0.05) is 13.8 Å². The van der Waals surface area contributed by atoms with Crippen molar-refractivity contribution in [1.82, 2.24) is 0 Å². The van der Waals surface area contributed by atoms with Gasteiger partial charge in [0.05, 0.1) is 19.8 Å². The van der Waals surface area contributed by atoms with E-state index < -0.39 is 0 Å². The largest absolute Gasteiger partial charge is 0.497 e. The second-order valence-electron chi connectivity index (χ2n) is 4.63. The number of rotatable bonds is 6. The first-order valence-corrected chi connectivity index (χ1v) is 5.98. The molecule has 96 valence electrons. The Morgan fingerprint density at radius 1 is 1.24 bits per heavy atom. The van der Waals surface area contributed by atoms with Crippen LogP contribution in [0.1, 0.15) is 19.4 Å². The molecule has 3 nitrogen and oxygen atoms in total. The van der Waals surface area contributed by atoms with Gasteiger partial charge in [0.1, 0.15) is 5.75 Å². The molecule has 17 heavy (non-hydrogen) atoms. The van der Waals surface area contributed by atoms with Crippen molar-refractivity contribution < 1.29 is 9.47 Å². The lowest BCUT2D eigenvalue weighted by Gasteiger charge is -2.24. The fourth-order valence-electron chi connectivity index (χ4n) is 1.71. The molecule has 1 unspecified atom stereocenters. The van der Waals surface area contributed by atoms with Crippen molar-refractivity contribution in [3.05, 3.63) is 23.8 Å². The normalized spacial score (nSPS) is 12.6. The Morgan fingerprint density at radius 2 is 1.94 bits per heavy atom. The summed E-state index contributed by atoms with van der Waals surface area (Å²) in [5.41, 5.74) is 2.33. The van der Waals surface area contributed by atoms with E-state index in [1.807, 2.05) is 12.1 Å². The summed E-state index contributed by atoms with van der Waals surface area (Å²) >= 11 is 0. The van der Waals surface area contributed by atoms with Crippen LogP contribution in [0.3, 0.4) is 0 Å². The molecule has 0 amide bonds. The van der Waals surface area contributed by atoms with Gasteiger partial charge in [-0.15, -0.1) is 0 Å². The Kier molecular flexibility index (Phi) is 5.29. The van der Waals surface area contributed by atoms with Crippen LogP contribution in [0.25, 0.3) is 0 Å². The molecule has 0 saturated heterocycles. The lowest BCUT2D eigenvalue weighted by atomic mass is 10.0. The zero-order valence-electron chi connectivity index (χ0n) is 11.4. The third-order valence-electron chi connectivity index (χ3n) is 2.93. The number of hydrogen-bond acceptors (Lipinski definition) is 3. The van der Waals surface area contributed by atoms with Crippen LogP contribution >= 0.6 is 0 Å². The minimum atomic E-state index is 0.326. The Labute approximate surface area is 104 Å². The first-order valence-electron chi connectivity index (χ1n) is 5.98. The summed E-state index contributed by atoms with van der Waals surface area (Å²) in [6, 6.07) is 6.39. The average Bonchev–Trinajstić information content (AvgIpc) is 2.30. The van der Waals surface area contributed by atoms with Gasteiger partial charge >= 0.3 is 0 Å². The van der Waals surface area contributed by atoms with Crippen LogP contribution < -0.4 is 10.1 Å². The predicted octanol–water partition coefficient (Wildman–Crippen LogP) is 3.09. The van der Waals surface area contributed by atoms with E-state index in [2.05, 4.69) is 32.2 Å². The molecular formula is C14H23NO2. The SMILES string of the molecule is COCC(Nc1ccc(OC)cc1C)C(C)C. The Balaban J connectivity index is 2.78. The summed E-state index contributed by atoms with van der Waals surface area (Å²) in [6.45, 7) is 7.17. The maximum Gasteiger partial charge on any atom is 0.119 e. The Hall–Kier alpha value is -1.22. The maximum absolute atomic E-state index is 5.24. The molecule has 0 aromatic heterocycles. The highest BCUT2D eigenvalue weighted by atomic mass is 16.5. The number of benzene rings is 1. The zero-order valence-corrected chi connectivity index (χ0v) is 11.4. The van der Waals surface area contributed by atoms with E-state index >= 15 is 0 Å².